The van der Waals surface area contributed by atoms with Crippen molar-refractivity contribution in [2.75, 3.05) is 0 Å². The fourth-order valence-corrected chi connectivity index (χ4v) is 1.49. The number of aromatic nitrogens is 1. The lowest BCUT2D eigenvalue weighted by Crippen LogP contribution is -2.12. The van der Waals surface area contributed by atoms with Gasteiger partial charge >= 0.3 is 5.97 Å². The number of hydrogen-bond acceptors (Lipinski definition) is 3. The summed E-state index contributed by atoms with van der Waals surface area (Å²) in [4.78, 5) is 14.4. The molecule has 1 aromatic rings. The average molecular weight is 230 g/mol. The van der Waals surface area contributed by atoms with Gasteiger partial charge in [-0.15, -0.1) is 0 Å². The van der Waals surface area contributed by atoms with Gasteiger partial charge in [-0.2, -0.15) is 0 Å². The van der Waals surface area contributed by atoms with Crippen molar-refractivity contribution in [1.29, 1.82) is 0 Å². The number of halogens is 2. The standard InChI is InChI=1S/C10H12F2N2O2/c1-5-6(2-9(15)16)8(3-13)14-4-7(5)10(11)12/h4,10H,2-3,13H2,1H3,(H,15,16). The first-order valence-electron chi connectivity index (χ1n) is 4.64. The minimum absolute atomic E-state index is 0.0347. The zero-order valence-electron chi connectivity index (χ0n) is 8.70. The minimum atomic E-state index is -2.66. The van der Waals surface area contributed by atoms with Gasteiger partial charge in [-0.05, 0) is 18.1 Å². The molecule has 1 heterocycles. The van der Waals surface area contributed by atoms with Crippen LogP contribution in [-0.4, -0.2) is 16.1 Å². The van der Waals surface area contributed by atoms with Crippen LogP contribution in [-0.2, 0) is 17.8 Å². The van der Waals surface area contributed by atoms with E-state index in [0.717, 1.165) is 6.20 Å². The van der Waals surface area contributed by atoms with E-state index in [4.69, 9.17) is 10.8 Å². The molecule has 0 aliphatic heterocycles. The second kappa shape index (κ2) is 4.98. The molecule has 0 unspecified atom stereocenters. The highest BCUT2D eigenvalue weighted by atomic mass is 19.3. The number of nitrogens with zero attached hydrogens (tertiary/aromatic N) is 1. The molecule has 16 heavy (non-hydrogen) atoms. The molecule has 0 radical (unpaired) electrons. The van der Waals surface area contributed by atoms with Gasteiger partial charge in [0.25, 0.3) is 6.43 Å². The molecule has 4 nitrogen and oxygen atoms in total. The molecule has 0 aromatic carbocycles. The summed E-state index contributed by atoms with van der Waals surface area (Å²) in [5.74, 6) is -1.09. The lowest BCUT2D eigenvalue weighted by atomic mass is 10.00. The van der Waals surface area contributed by atoms with E-state index >= 15 is 0 Å². The zero-order chi connectivity index (χ0) is 12.3. The normalized spacial score (nSPS) is 10.8. The van der Waals surface area contributed by atoms with E-state index < -0.39 is 12.4 Å². The van der Waals surface area contributed by atoms with Crippen LogP contribution < -0.4 is 5.73 Å². The molecular weight excluding hydrogens is 218 g/mol. The SMILES string of the molecule is Cc1c(C(F)F)cnc(CN)c1CC(=O)O. The first kappa shape index (κ1) is 12.5. The summed E-state index contributed by atoms with van der Waals surface area (Å²) in [6, 6.07) is 0. The summed E-state index contributed by atoms with van der Waals surface area (Å²) < 4.78 is 25.1. The number of aliphatic carboxylic acids is 1. The van der Waals surface area contributed by atoms with E-state index in [2.05, 4.69) is 4.98 Å². The second-order valence-corrected chi connectivity index (χ2v) is 3.34. The molecule has 6 heteroatoms. The number of rotatable bonds is 4. The van der Waals surface area contributed by atoms with Gasteiger partial charge in [0.05, 0.1) is 12.1 Å². The highest BCUT2D eigenvalue weighted by molar-refractivity contribution is 5.71. The smallest absolute Gasteiger partial charge is 0.307 e. The van der Waals surface area contributed by atoms with Crippen LogP contribution in [0.4, 0.5) is 8.78 Å². The van der Waals surface area contributed by atoms with Gasteiger partial charge in [0.2, 0.25) is 0 Å². The largest absolute Gasteiger partial charge is 0.481 e. The predicted octanol–water partition coefficient (Wildman–Crippen LogP) is 1.41. The number of alkyl halides is 2. The number of carboxylic acid groups (broad SMARTS) is 1. The van der Waals surface area contributed by atoms with Crippen LogP contribution in [0.1, 0.15) is 28.8 Å². The molecule has 0 fully saturated rings. The average Bonchev–Trinajstić information content (AvgIpc) is 2.19. The fourth-order valence-electron chi connectivity index (χ4n) is 1.49. The van der Waals surface area contributed by atoms with Crippen molar-refractivity contribution < 1.29 is 18.7 Å². The maximum absolute atomic E-state index is 12.6. The van der Waals surface area contributed by atoms with Gasteiger partial charge in [-0.3, -0.25) is 9.78 Å². The molecule has 3 N–H and O–H groups in total. The van der Waals surface area contributed by atoms with Gasteiger partial charge in [-0.1, -0.05) is 0 Å². The fraction of sp³-hybridized carbons (Fsp3) is 0.400. The van der Waals surface area contributed by atoms with Crippen molar-refractivity contribution in [3.63, 3.8) is 0 Å². The summed E-state index contributed by atoms with van der Waals surface area (Å²) in [5.41, 5.74) is 6.03. The number of hydrogen-bond donors (Lipinski definition) is 2. The van der Waals surface area contributed by atoms with Gasteiger partial charge in [0.15, 0.2) is 0 Å². The topological polar surface area (TPSA) is 76.2 Å². The van der Waals surface area contributed by atoms with Gasteiger partial charge < -0.3 is 10.8 Å². The van der Waals surface area contributed by atoms with Gasteiger partial charge in [0.1, 0.15) is 0 Å². The maximum atomic E-state index is 12.6. The number of carbonyl (C=O) groups is 1. The van der Waals surface area contributed by atoms with Crippen molar-refractivity contribution in [3.05, 3.63) is 28.6 Å². The summed E-state index contributed by atoms with van der Waals surface area (Å²) in [5, 5.41) is 8.68. The molecule has 0 aliphatic rings. The highest BCUT2D eigenvalue weighted by Crippen LogP contribution is 2.25. The molecule has 0 amide bonds. The predicted molar refractivity (Wildman–Crippen MR) is 53.2 cm³/mol. The number of carboxylic acids is 1. The van der Waals surface area contributed by atoms with E-state index in [1.807, 2.05) is 0 Å². The Bertz CT molecular complexity index is 408. The van der Waals surface area contributed by atoms with Crippen molar-refractivity contribution >= 4 is 5.97 Å². The third-order valence-electron chi connectivity index (χ3n) is 2.35. The van der Waals surface area contributed by atoms with Crippen molar-refractivity contribution in [3.8, 4) is 0 Å². The number of nitrogens with two attached hydrogens (primary N) is 1. The number of pyridine rings is 1. The van der Waals surface area contributed by atoms with Crippen LogP contribution in [0.2, 0.25) is 0 Å². The Hall–Kier alpha value is -1.56. The Morgan fingerprint density at radius 3 is 2.69 bits per heavy atom. The Kier molecular flexibility index (Phi) is 3.89. The third-order valence-corrected chi connectivity index (χ3v) is 2.35. The van der Waals surface area contributed by atoms with Gasteiger partial charge in [0, 0.05) is 18.3 Å². The Morgan fingerprint density at radius 1 is 1.62 bits per heavy atom. The Labute approximate surface area is 91.1 Å². The summed E-state index contributed by atoms with van der Waals surface area (Å²) >= 11 is 0. The van der Waals surface area contributed by atoms with E-state index in [0.29, 0.717) is 5.69 Å². The van der Waals surface area contributed by atoms with Crippen LogP contribution in [0.3, 0.4) is 0 Å². The molecule has 1 rings (SSSR count). The minimum Gasteiger partial charge on any atom is -0.481 e. The van der Waals surface area contributed by atoms with Crippen LogP contribution in [0, 0.1) is 6.92 Å². The van der Waals surface area contributed by atoms with E-state index in [1.54, 1.807) is 0 Å². The van der Waals surface area contributed by atoms with E-state index in [9.17, 15) is 13.6 Å². The van der Waals surface area contributed by atoms with E-state index in [1.165, 1.54) is 6.92 Å². The van der Waals surface area contributed by atoms with Crippen LogP contribution >= 0.6 is 0 Å². The summed E-state index contributed by atoms with van der Waals surface area (Å²) in [7, 11) is 0. The molecule has 0 saturated heterocycles. The molecule has 88 valence electrons. The van der Waals surface area contributed by atoms with E-state index in [-0.39, 0.29) is 29.7 Å². The van der Waals surface area contributed by atoms with Gasteiger partial charge in [-0.25, -0.2) is 8.78 Å². The molecule has 0 bridgehead atoms. The van der Waals surface area contributed by atoms with Crippen LogP contribution in [0.5, 0.6) is 0 Å². The second-order valence-electron chi connectivity index (χ2n) is 3.34. The lowest BCUT2D eigenvalue weighted by Gasteiger charge is -2.12. The lowest BCUT2D eigenvalue weighted by molar-refractivity contribution is -0.136. The molecule has 0 aliphatic carbocycles. The van der Waals surface area contributed by atoms with Crippen LogP contribution in [0.25, 0.3) is 0 Å². The third kappa shape index (κ3) is 2.52. The quantitative estimate of drug-likeness (QED) is 0.820. The Balaban J connectivity index is 3.28. The summed E-state index contributed by atoms with van der Waals surface area (Å²) in [6.07, 6.45) is -1.95. The summed E-state index contributed by atoms with van der Waals surface area (Å²) in [6.45, 7) is 1.49. The van der Waals surface area contributed by atoms with Crippen LogP contribution in [0.15, 0.2) is 6.20 Å². The molecule has 0 atom stereocenters. The zero-order valence-corrected chi connectivity index (χ0v) is 8.70. The van der Waals surface area contributed by atoms with Crippen molar-refractivity contribution in [2.24, 2.45) is 5.73 Å². The monoisotopic (exact) mass is 230 g/mol. The molecule has 0 spiro atoms. The molecule has 0 saturated carbocycles. The van der Waals surface area contributed by atoms with Crippen molar-refractivity contribution in [1.82, 2.24) is 4.98 Å². The Morgan fingerprint density at radius 2 is 2.25 bits per heavy atom. The highest BCUT2D eigenvalue weighted by Gasteiger charge is 2.18. The first-order chi connectivity index (χ1) is 7.47. The molecular formula is C10H12F2N2O2. The van der Waals surface area contributed by atoms with Crippen molar-refractivity contribution in [2.45, 2.75) is 26.3 Å². The first-order valence-corrected chi connectivity index (χ1v) is 4.64. The molecule has 1 aromatic heterocycles. The maximum Gasteiger partial charge on any atom is 0.307 e.